The summed E-state index contributed by atoms with van der Waals surface area (Å²) < 4.78 is 0. The van der Waals surface area contributed by atoms with Gasteiger partial charge in [0.05, 0.1) is 0 Å². The highest BCUT2D eigenvalue weighted by Crippen LogP contribution is 2.13. The van der Waals surface area contributed by atoms with E-state index in [1.807, 2.05) is 40.7 Å². The van der Waals surface area contributed by atoms with Crippen LogP contribution >= 0.6 is 0 Å². The summed E-state index contributed by atoms with van der Waals surface area (Å²) in [6.07, 6.45) is 12.6. The van der Waals surface area contributed by atoms with Gasteiger partial charge in [-0.3, -0.25) is 0 Å². The second-order valence-corrected chi connectivity index (χ2v) is 2.93. The molecule has 17 heavy (non-hydrogen) atoms. The topological polar surface area (TPSA) is 0 Å². The molecule has 0 rings (SSSR count). The van der Waals surface area contributed by atoms with Gasteiger partial charge in [-0.05, 0) is 37.8 Å². The molecule has 0 fully saturated rings. The van der Waals surface area contributed by atoms with Crippen LogP contribution in [0.3, 0.4) is 0 Å². The van der Waals surface area contributed by atoms with Crippen molar-refractivity contribution in [3.8, 4) is 0 Å². The monoisotopic (exact) mass is 236 g/mol. The molecule has 0 bridgehead atoms. The molecular formula is C17H32. The molecule has 0 N–H and O–H groups in total. The van der Waals surface area contributed by atoms with Crippen LogP contribution in [-0.4, -0.2) is 0 Å². The zero-order chi connectivity index (χ0) is 14.1. The summed E-state index contributed by atoms with van der Waals surface area (Å²) in [6, 6.07) is 0. The molecule has 0 aromatic carbocycles. The third kappa shape index (κ3) is 15.0. The minimum atomic E-state index is 0.998. The maximum Gasteiger partial charge on any atom is -0.00325 e. The molecule has 0 spiro atoms. The van der Waals surface area contributed by atoms with Gasteiger partial charge in [0.2, 0.25) is 0 Å². The van der Waals surface area contributed by atoms with Crippen LogP contribution in [0.1, 0.15) is 61.3 Å². The minimum absolute atomic E-state index is 0.998. The largest absolute Gasteiger partial charge is 0.0988 e. The molecule has 0 nitrogen and oxygen atoms in total. The second kappa shape index (κ2) is 20.4. The summed E-state index contributed by atoms with van der Waals surface area (Å²) in [6.45, 7) is 18.1. The van der Waals surface area contributed by atoms with Crippen LogP contribution in [0.25, 0.3) is 0 Å². The fraction of sp³-hybridized carbons (Fsp3) is 0.529. The van der Waals surface area contributed by atoms with Gasteiger partial charge in [0.15, 0.2) is 0 Å². The van der Waals surface area contributed by atoms with Crippen molar-refractivity contribution in [3.63, 3.8) is 0 Å². The third-order valence-electron chi connectivity index (χ3n) is 1.89. The van der Waals surface area contributed by atoms with E-state index in [1.165, 1.54) is 11.1 Å². The Labute approximate surface area is 110 Å². The molecule has 0 aliphatic heterocycles. The number of rotatable bonds is 5. The molecule has 0 heteroatoms. The maximum atomic E-state index is 3.81. The Morgan fingerprint density at radius 1 is 1.00 bits per heavy atom. The summed E-state index contributed by atoms with van der Waals surface area (Å²) in [5.74, 6) is 0. The van der Waals surface area contributed by atoms with Crippen molar-refractivity contribution in [2.24, 2.45) is 0 Å². The van der Waals surface area contributed by atoms with Crippen molar-refractivity contribution in [3.05, 3.63) is 48.1 Å². The van der Waals surface area contributed by atoms with Crippen LogP contribution in [0.2, 0.25) is 0 Å². The van der Waals surface area contributed by atoms with Crippen molar-refractivity contribution in [1.29, 1.82) is 0 Å². The van der Waals surface area contributed by atoms with E-state index in [9.17, 15) is 0 Å². The molecule has 0 aliphatic rings. The first-order valence-corrected chi connectivity index (χ1v) is 6.87. The van der Waals surface area contributed by atoms with Crippen LogP contribution < -0.4 is 0 Å². The molecule has 0 aromatic rings. The molecule has 0 saturated carbocycles. The lowest BCUT2D eigenvalue weighted by molar-refractivity contribution is 1.13. The van der Waals surface area contributed by atoms with Gasteiger partial charge in [0, 0.05) is 0 Å². The standard InChI is InChI=1S/C13H20.2C2H6/c1-5-9-12(7-3)11-13(8-4)10-6-2;2*1-2/h6-10H,3,5,11H2,1-2,4H3;2*1-2H3/b10-6-,12-9+,13-8+;;. The lowest BCUT2D eigenvalue weighted by Crippen LogP contribution is -1.82. The zero-order valence-corrected chi connectivity index (χ0v) is 13.0. The Morgan fingerprint density at radius 2 is 1.53 bits per heavy atom. The van der Waals surface area contributed by atoms with Crippen LogP contribution in [-0.2, 0) is 0 Å². The lowest BCUT2D eigenvalue weighted by atomic mass is 10.0. The average Bonchev–Trinajstić information content (AvgIpc) is 2.42. The van der Waals surface area contributed by atoms with Crippen LogP contribution in [0.5, 0.6) is 0 Å². The molecule has 0 aliphatic carbocycles. The summed E-state index contributed by atoms with van der Waals surface area (Å²) >= 11 is 0. The Bertz CT molecular complexity index is 226. The fourth-order valence-corrected chi connectivity index (χ4v) is 1.20. The highest BCUT2D eigenvalue weighted by atomic mass is 14.0. The smallest absolute Gasteiger partial charge is 0.00325 e. The SMILES string of the molecule is C=C/C(=C\CC)CC(/C=C\C)=C/C.CC.CC. The molecule has 0 aromatic heterocycles. The molecule has 0 amide bonds. The van der Waals surface area contributed by atoms with E-state index < -0.39 is 0 Å². The average molecular weight is 236 g/mol. The fourth-order valence-electron chi connectivity index (χ4n) is 1.20. The van der Waals surface area contributed by atoms with Gasteiger partial charge in [-0.2, -0.15) is 0 Å². The Hall–Kier alpha value is -1.04. The maximum absolute atomic E-state index is 3.81. The zero-order valence-electron chi connectivity index (χ0n) is 13.0. The van der Waals surface area contributed by atoms with Crippen molar-refractivity contribution >= 4 is 0 Å². The van der Waals surface area contributed by atoms with Gasteiger partial charge in [-0.15, -0.1) is 0 Å². The first-order chi connectivity index (χ1) is 8.28. The van der Waals surface area contributed by atoms with Crippen molar-refractivity contribution < 1.29 is 0 Å². The van der Waals surface area contributed by atoms with Gasteiger partial charge in [-0.25, -0.2) is 0 Å². The summed E-state index contributed by atoms with van der Waals surface area (Å²) in [7, 11) is 0. The van der Waals surface area contributed by atoms with E-state index in [-0.39, 0.29) is 0 Å². The van der Waals surface area contributed by atoms with Crippen LogP contribution in [0, 0.1) is 0 Å². The Morgan fingerprint density at radius 3 is 1.82 bits per heavy atom. The summed E-state index contributed by atoms with van der Waals surface area (Å²) in [5.41, 5.74) is 2.66. The van der Waals surface area contributed by atoms with Crippen molar-refractivity contribution in [1.82, 2.24) is 0 Å². The Balaban J connectivity index is -0.000000439. The quantitative estimate of drug-likeness (QED) is 0.480. The minimum Gasteiger partial charge on any atom is -0.0988 e. The third-order valence-corrected chi connectivity index (χ3v) is 1.89. The summed E-state index contributed by atoms with van der Waals surface area (Å²) in [5, 5.41) is 0. The van der Waals surface area contributed by atoms with E-state index in [0.29, 0.717) is 0 Å². The first kappa shape index (κ1) is 21.3. The predicted molar refractivity (Wildman–Crippen MR) is 84.5 cm³/mol. The van der Waals surface area contributed by atoms with E-state index >= 15 is 0 Å². The molecule has 0 atom stereocenters. The highest BCUT2D eigenvalue weighted by Gasteiger charge is 1.93. The Kier molecular flexibility index (Phi) is 25.5. The van der Waals surface area contributed by atoms with Gasteiger partial charge < -0.3 is 0 Å². The summed E-state index contributed by atoms with van der Waals surface area (Å²) in [4.78, 5) is 0. The first-order valence-electron chi connectivity index (χ1n) is 6.87. The van der Waals surface area contributed by atoms with E-state index in [0.717, 1.165) is 12.8 Å². The highest BCUT2D eigenvalue weighted by molar-refractivity contribution is 5.29. The van der Waals surface area contributed by atoms with E-state index in [1.54, 1.807) is 0 Å². The van der Waals surface area contributed by atoms with Gasteiger partial charge >= 0.3 is 0 Å². The van der Waals surface area contributed by atoms with Crippen LogP contribution in [0.4, 0.5) is 0 Å². The van der Waals surface area contributed by atoms with Crippen LogP contribution in [0.15, 0.2) is 48.1 Å². The van der Waals surface area contributed by atoms with E-state index in [4.69, 9.17) is 0 Å². The van der Waals surface area contributed by atoms with Crippen molar-refractivity contribution in [2.45, 2.75) is 61.3 Å². The van der Waals surface area contributed by atoms with E-state index in [2.05, 4.69) is 44.7 Å². The molecular weight excluding hydrogens is 204 g/mol. The molecule has 0 heterocycles. The van der Waals surface area contributed by atoms with Gasteiger partial charge in [0.25, 0.3) is 0 Å². The number of hydrogen-bond donors (Lipinski definition) is 0. The number of hydrogen-bond acceptors (Lipinski definition) is 0. The van der Waals surface area contributed by atoms with Gasteiger partial charge in [0.1, 0.15) is 0 Å². The second-order valence-electron chi connectivity index (χ2n) is 2.93. The lowest BCUT2D eigenvalue weighted by Gasteiger charge is -2.02. The molecule has 0 radical (unpaired) electrons. The molecule has 0 unspecified atom stereocenters. The van der Waals surface area contributed by atoms with Gasteiger partial charge in [-0.1, -0.05) is 71.6 Å². The predicted octanol–water partition coefficient (Wildman–Crippen LogP) is 6.47. The molecule has 0 saturated heterocycles. The molecule has 100 valence electrons. The number of allylic oxidation sites excluding steroid dienone is 7. The normalized spacial score (nSPS) is 11.2. The van der Waals surface area contributed by atoms with Crippen molar-refractivity contribution in [2.75, 3.05) is 0 Å².